The lowest BCUT2D eigenvalue weighted by Gasteiger charge is -2.25. The number of nitrogens with zero attached hydrogens (tertiary/aromatic N) is 1. The van der Waals surface area contributed by atoms with Crippen LogP contribution in [0.4, 0.5) is 9.18 Å². The van der Waals surface area contributed by atoms with Gasteiger partial charge in [-0.05, 0) is 77.5 Å². The van der Waals surface area contributed by atoms with Gasteiger partial charge in [0.2, 0.25) is 0 Å². The molecule has 4 amide bonds. The average Bonchev–Trinajstić information content (AvgIpc) is 3.74. The summed E-state index contributed by atoms with van der Waals surface area (Å²) in [5, 5.41) is 4.73. The molecule has 7 rings (SSSR count). The van der Waals surface area contributed by atoms with Gasteiger partial charge in [0.15, 0.2) is 5.78 Å². The number of rotatable bonds is 10. The number of ether oxygens (including phenoxy) is 1. The second kappa shape index (κ2) is 15.5. The molecule has 53 heavy (non-hydrogen) atoms. The van der Waals surface area contributed by atoms with Crippen molar-refractivity contribution in [3.05, 3.63) is 166 Å². The fourth-order valence-corrected chi connectivity index (χ4v) is 7.08. The van der Waals surface area contributed by atoms with E-state index in [1.54, 1.807) is 59.5 Å². The molecular formula is C42H32FN3O6S. The molecule has 0 spiro atoms. The smallest absolute Gasteiger partial charge is 0.290 e. The number of halogens is 1. The molecule has 2 atom stereocenters. The maximum Gasteiger partial charge on any atom is 0.290 e. The van der Waals surface area contributed by atoms with Gasteiger partial charge >= 0.3 is 0 Å². The van der Waals surface area contributed by atoms with Gasteiger partial charge in [-0.15, -0.1) is 0 Å². The molecule has 2 N–H and O–H groups in total. The molecule has 2 aliphatic rings. The number of benzene rings is 5. The van der Waals surface area contributed by atoms with Crippen LogP contribution in [0, 0.1) is 5.82 Å². The first-order valence-electron chi connectivity index (χ1n) is 16.9. The first-order valence-corrected chi connectivity index (χ1v) is 17.7. The number of imide groups is 1. The average molecular weight is 726 g/mol. The van der Waals surface area contributed by atoms with E-state index in [1.807, 2.05) is 54.6 Å². The Bertz CT molecular complexity index is 2240. The summed E-state index contributed by atoms with van der Waals surface area (Å²) in [6, 6.07) is 35.3. The molecule has 5 aromatic carbocycles. The van der Waals surface area contributed by atoms with E-state index >= 15 is 0 Å². The highest BCUT2D eigenvalue weighted by Gasteiger charge is 2.38. The lowest BCUT2D eigenvalue weighted by atomic mass is 9.97. The summed E-state index contributed by atoms with van der Waals surface area (Å²) in [6.07, 6.45) is 1.54. The quantitative estimate of drug-likeness (QED) is 0.116. The van der Waals surface area contributed by atoms with Gasteiger partial charge in [-0.2, -0.15) is 0 Å². The molecule has 9 nitrogen and oxygen atoms in total. The third-order valence-electron chi connectivity index (χ3n) is 9.02. The fourth-order valence-electron chi connectivity index (χ4n) is 6.40. The molecule has 2 aliphatic heterocycles. The molecule has 0 bridgehead atoms. The van der Waals surface area contributed by atoms with Gasteiger partial charge < -0.3 is 15.0 Å². The summed E-state index contributed by atoms with van der Waals surface area (Å²) in [5.74, 6) is -1.48. The Morgan fingerprint density at radius 3 is 2.19 bits per heavy atom. The number of carbonyl (C=O) groups excluding carboxylic acids is 5. The third-order valence-corrected chi connectivity index (χ3v) is 9.83. The molecule has 0 aliphatic carbocycles. The van der Waals surface area contributed by atoms with Crippen LogP contribution in [0.2, 0.25) is 0 Å². The van der Waals surface area contributed by atoms with Crippen molar-refractivity contribution < 1.29 is 33.1 Å². The summed E-state index contributed by atoms with van der Waals surface area (Å²) < 4.78 is 20.2. The van der Waals surface area contributed by atoms with E-state index in [1.165, 1.54) is 24.3 Å². The second-order valence-electron chi connectivity index (χ2n) is 12.5. The third kappa shape index (κ3) is 7.95. The first kappa shape index (κ1) is 35.1. The zero-order valence-electron chi connectivity index (χ0n) is 28.2. The highest BCUT2D eigenvalue weighted by atomic mass is 32.2. The fraction of sp³-hybridized carbons (Fsp3) is 0.119. The van der Waals surface area contributed by atoms with E-state index in [2.05, 4.69) is 10.6 Å². The zero-order valence-corrected chi connectivity index (χ0v) is 29.0. The van der Waals surface area contributed by atoms with Gasteiger partial charge in [0.05, 0.1) is 23.1 Å². The molecule has 2 saturated heterocycles. The summed E-state index contributed by atoms with van der Waals surface area (Å²) in [6.45, 7) is 0.294. The Kier molecular flexibility index (Phi) is 10.3. The molecule has 264 valence electrons. The SMILES string of the molecule is O=C1NC(=O)C(=Cc2ccc(C(=O)NC[C@@H]3C[C@@H](Oc4ccccc4-c4ccccc4)CN3C(=O)c3ccccc3C(=O)c3ccc(F)cc3)cc2)S1. The van der Waals surface area contributed by atoms with Crippen molar-refractivity contribution in [1.82, 2.24) is 15.5 Å². The van der Waals surface area contributed by atoms with Crippen LogP contribution in [0.25, 0.3) is 17.2 Å². The molecule has 2 heterocycles. The summed E-state index contributed by atoms with van der Waals surface area (Å²) in [4.78, 5) is 66.6. The van der Waals surface area contributed by atoms with Crippen LogP contribution in [0.3, 0.4) is 0 Å². The van der Waals surface area contributed by atoms with Gasteiger partial charge in [-0.25, -0.2) is 4.39 Å². The van der Waals surface area contributed by atoms with Crippen molar-refractivity contribution in [1.29, 1.82) is 0 Å². The van der Waals surface area contributed by atoms with Crippen molar-refractivity contribution in [3.63, 3.8) is 0 Å². The maximum atomic E-state index is 14.4. The number of thioether (sulfide) groups is 1. The number of carbonyl (C=O) groups is 5. The molecule has 0 unspecified atom stereocenters. The topological polar surface area (TPSA) is 122 Å². The minimum atomic E-state index is -0.492. The minimum absolute atomic E-state index is 0.101. The van der Waals surface area contributed by atoms with Crippen LogP contribution in [-0.2, 0) is 4.79 Å². The van der Waals surface area contributed by atoms with E-state index in [0.29, 0.717) is 23.3 Å². The molecule has 5 aromatic rings. The van der Waals surface area contributed by atoms with Crippen LogP contribution in [-0.4, -0.2) is 58.9 Å². The number of amides is 4. The Labute approximate surface area is 308 Å². The van der Waals surface area contributed by atoms with E-state index in [0.717, 1.165) is 22.9 Å². The van der Waals surface area contributed by atoms with Gasteiger partial charge in [-0.1, -0.05) is 78.9 Å². The number of likely N-dealkylation sites (tertiary alicyclic amines) is 1. The molecule has 11 heteroatoms. The Morgan fingerprint density at radius 1 is 0.811 bits per heavy atom. The molecule has 0 radical (unpaired) electrons. The maximum absolute atomic E-state index is 14.4. The van der Waals surface area contributed by atoms with Crippen LogP contribution in [0.1, 0.15) is 48.6 Å². The number of para-hydroxylation sites is 1. The van der Waals surface area contributed by atoms with Crippen molar-refractivity contribution in [2.24, 2.45) is 0 Å². The van der Waals surface area contributed by atoms with Gasteiger partial charge in [0.1, 0.15) is 17.7 Å². The van der Waals surface area contributed by atoms with Crippen molar-refractivity contribution in [2.75, 3.05) is 13.1 Å². The van der Waals surface area contributed by atoms with Crippen LogP contribution < -0.4 is 15.4 Å². The van der Waals surface area contributed by atoms with Crippen LogP contribution >= 0.6 is 11.8 Å². The molecule has 2 fully saturated rings. The van der Waals surface area contributed by atoms with E-state index in [9.17, 15) is 28.4 Å². The lowest BCUT2D eigenvalue weighted by Crippen LogP contribution is -2.43. The number of hydrogen-bond donors (Lipinski definition) is 2. The summed E-state index contributed by atoms with van der Waals surface area (Å²) in [5.41, 5.74) is 3.50. The number of ketones is 1. The highest BCUT2D eigenvalue weighted by Crippen LogP contribution is 2.33. The monoisotopic (exact) mass is 725 g/mol. The van der Waals surface area contributed by atoms with Crippen LogP contribution in [0.5, 0.6) is 5.75 Å². The van der Waals surface area contributed by atoms with E-state index in [4.69, 9.17) is 4.74 Å². The van der Waals surface area contributed by atoms with Gasteiger partial charge in [0.25, 0.3) is 23.0 Å². The van der Waals surface area contributed by atoms with Crippen molar-refractivity contribution in [2.45, 2.75) is 18.6 Å². The Balaban J connectivity index is 1.12. The first-order chi connectivity index (χ1) is 25.7. The van der Waals surface area contributed by atoms with Crippen molar-refractivity contribution in [3.8, 4) is 16.9 Å². The largest absolute Gasteiger partial charge is 0.488 e. The number of hydrogen-bond acceptors (Lipinski definition) is 7. The predicted octanol–water partition coefficient (Wildman–Crippen LogP) is 7.14. The molecule has 0 aromatic heterocycles. The zero-order chi connectivity index (χ0) is 36.9. The summed E-state index contributed by atoms with van der Waals surface area (Å²) in [7, 11) is 0. The van der Waals surface area contributed by atoms with E-state index < -0.39 is 40.8 Å². The minimum Gasteiger partial charge on any atom is -0.488 e. The Morgan fingerprint density at radius 2 is 1.47 bits per heavy atom. The van der Waals surface area contributed by atoms with Crippen molar-refractivity contribution >= 4 is 46.6 Å². The van der Waals surface area contributed by atoms with Crippen LogP contribution in [0.15, 0.2) is 132 Å². The van der Waals surface area contributed by atoms with Gasteiger partial charge in [0, 0.05) is 35.2 Å². The Hall–Kier alpha value is -6.33. The van der Waals surface area contributed by atoms with E-state index in [-0.39, 0.29) is 40.6 Å². The van der Waals surface area contributed by atoms with Gasteiger partial charge in [-0.3, -0.25) is 29.3 Å². The predicted molar refractivity (Wildman–Crippen MR) is 200 cm³/mol. The number of nitrogens with one attached hydrogen (secondary N) is 2. The molecular weight excluding hydrogens is 694 g/mol. The summed E-state index contributed by atoms with van der Waals surface area (Å²) >= 11 is 0.811. The second-order valence-corrected chi connectivity index (χ2v) is 13.5. The highest BCUT2D eigenvalue weighted by molar-refractivity contribution is 8.18. The normalized spacial score (nSPS) is 17.5. The lowest BCUT2D eigenvalue weighted by molar-refractivity contribution is -0.115. The standard InChI is InChI=1S/C42H32FN3O6S/c43-30-20-18-28(19-21-30)38(47)34-11-4-5-12-35(34)41(50)46-25-32(52-36-13-7-6-10-33(36)27-8-2-1-3-9-27)23-31(46)24-44-39(48)29-16-14-26(15-17-29)22-37-40(49)45-42(51)53-37/h1-22,31-32H,23-25H2,(H,44,48)(H,45,49,51)/t31-,32+/m0/s1. The molecule has 0 saturated carbocycles.